The fourth-order valence-corrected chi connectivity index (χ4v) is 5.26. The number of nitrogens with zero attached hydrogens (tertiary/aromatic N) is 1. The Kier molecular flexibility index (Phi) is 19.6. The van der Waals surface area contributed by atoms with Crippen LogP contribution in [0, 0.1) is 0 Å². The average Bonchev–Trinajstić information content (AvgIpc) is 3.01. The SMILES string of the molecule is C/C=C\C.CCl.CN(CC(O)CNC(C)(C)CCCc1ccccc1)Sc1ccc(-c2ccccc2CCC(=O)O)cc1. The van der Waals surface area contributed by atoms with E-state index in [1.165, 1.54) is 11.9 Å². The summed E-state index contributed by atoms with van der Waals surface area (Å²) in [5.74, 6) is -0.784. The summed E-state index contributed by atoms with van der Waals surface area (Å²) in [5.41, 5.74) is 4.53. The molecule has 3 rings (SSSR count). The molecule has 0 saturated heterocycles. The number of hydrogen-bond donors (Lipinski definition) is 3. The van der Waals surface area contributed by atoms with Crippen LogP contribution in [-0.2, 0) is 17.6 Å². The van der Waals surface area contributed by atoms with Gasteiger partial charge >= 0.3 is 5.97 Å². The molecule has 0 heterocycles. The lowest BCUT2D eigenvalue weighted by Gasteiger charge is -2.29. The third kappa shape index (κ3) is 16.7. The van der Waals surface area contributed by atoms with Crippen molar-refractivity contribution in [2.75, 3.05) is 26.5 Å². The van der Waals surface area contributed by atoms with Gasteiger partial charge in [0, 0.05) is 36.3 Å². The number of alkyl halides is 1. The van der Waals surface area contributed by atoms with Gasteiger partial charge in [0.2, 0.25) is 0 Å². The van der Waals surface area contributed by atoms with E-state index in [4.69, 9.17) is 5.11 Å². The monoisotopic (exact) mass is 626 g/mol. The molecule has 3 N–H and O–H groups in total. The van der Waals surface area contributed by atoms with Crippen LogP contribution in [0.4, 0.5) is 0 Å². The number of β-amino-alcohol motifs (C(OH)–C–C–N with tert-alkyl or cyclic N) is 1. The first kappa shape index (κ1) is 38.4. The van der Waals surface area contributed by atoms with E-state index < -0.39 is 12.1 Å². The Bertz CT molecular complexity index is 1180. The van der Waals surface area contributed by atoms with E-state index in [1.54, 1.807) is 11.9 Å². The number of likely N-dealkylation sites (N-methyl/N-ethyl adjacent to an activating group) is 1. The molecular formula is C36H51ClN2O3S. The van der Waals surface area contributed by atoms with Gasteiger partial charge in [0.1, 0.15) is 0 Å². The summed E-state index contributed by atoms with van der Waals surface area (Å²) in [6, 6.07) is 26.8. The predicted molar refractivity (Wildman–Crippen MR) is 186 cm³/mol. The quantitative estimate of drug-likeness (QED) is 0.0892. The first-order chi connectivity index (χ1) is 20.6. The second-order valence-electron chi connectivity index (χ2n) is 10.9. The third-order valence-corrected chi connectivity index (χ3v) is 7.72. The Morgan fingerprint density at radius 1 is 0.953 bits per heavy atom. The van der Waals surface area contributed by atoms with Crippen molar-refractivity contribution in [1.82, 2.24) is 9.62 Å². The van der Waals surface area contributed by atoms with Crippen LogP contribution in [0.25, 0.3) is 11.1 Å². The molecule has 0 aliphatic heterocycles. The largest absolute Gasteiger partial charge is 0.481 e. The van der Waals surface area contributed by atoms with Crippen molar-refractivity contribution in [1.29, 1.82) is 0 Å². The molecule has 0 fully saturated rings. The van der Waals surface area contributed by atoms with Crippen LogP contribution in [-0.4, -0.2) is 58.7 Å². The number of carboxylic acids is 1. The van der Waals surface area contributed by atoms with Gasteiger partial charge in [0.15, 0.2) is 0 Å². The molecule has 0 saturated carbocycles. The van der Waals surface area contributed by atoms with E-state index in [9.17, 15) is 9.90 Å². The highest BCUT2D eigenvalue weighted by molar-refractivity contribution is 7.97. The lowest BCUT2D eigenvalue weighted by molar-refractivity contribution is -0.136. The van der Waals surface area contributed by atoms with Crippen molar-refractivity contribution in [3.05, 3.63) is 102 Å². The van der Waals surface area contributed by atoms with Crippen LogP contribution in [0.2, 0.25) is 0 Å². The van der Waals surface area contributed by atoms with Crippen molar-refractivity contribution in [3.63, 3.8) is 0 Å². The van der Waals surface area contributed by atoms with Crippen molar-refractivity contribution >= 4 is 29.5 Å². The summed E-state index contributed by atoms with van der Waals surface area (Å²) in [6.07, 6.45) is 8.87. The van der Waals surface area contributed by atoms with E-state index in [-0.39, 0.29) is 12.0 Å². The zero-order chi connectivity index (χ0) is 32.1. The number of halogens is 1. The number of hydrogen-bond acceptors (Lipinski definition) is 5. The highest BCUT2D eigenvalue weighted by Gasteiger charge is 2.19. The molecule has 1 unspecified atom stereocenters. The topological polar surface area (TPSA) is 72.8 Å². The number of aliphatic hydroxyl groups excluding tert-OH is 1. The minimum Gasteiger partial charge on any atom is -0.481 e. The Labute approximate surface area is 269 Å². The number of rotatable bonds is 15. The summed E-state index contributed by atoms with van der Waals surface area (Å²) in [6.45, 7) is 9.50. The Balaban J connectivity index is 0.00000142. The maximum absolute atomic E-state index is 11.0. The predicted octanol–water partition coefficient (Wildman–Crippen LogP) is 8.50. The maximum atomic E-state index is 11.0. The number of carboxylic acid groups (broad SMARTS) is 1. The van der Waals surface area contributed by atoms with Gasteiger partial charge in [-0.05, 0) is 107 Å². The molecule has 3 aromatic carbocycles. The van der Waals surface area contributed by atoms with Crippen LogP contribution in [0.1, 0.15) is 58.1 Å². The molecule has 0 aliphatic rings. The number of aliphatic carboxylic acids is 1. The average molecular weight is 627 g/mol. The minimum atomic E-state index is -0.784. The van der Waals surface area contributed by atoms with Gasteiger partial charge in [-0.2, -0.15) is 0 Å². The molecule has 0 radical (unpaired) electrons. The highest BCUT2D eigenvalue weighted by Crippen LogP contribution is 2.28. The number of aryl methyl sites for hydroxylation is 2. The van der Waals surface area contributed by atoms with Gasteiger partial charge in [-0.3, -0.25) is 4.79 Å². The van der Waals surface area contributed by atoms with Crippen LogP contribution in [0.15, 0.2) is 95.9 Å². The number of allylic oxidation sites excluding steroid dienone is 2. The van der Waals surface area contributed by atoms with Crippen molar-refractivity contribution in [2.24, 2.45) is 0 Å². The molecule has 0 bridgehead atoms. The van der Waals surface area contributed by atoms with Crippen molar-refractivity contribution in [2.45, 2.75) is 76.3 Å². The molecule has 3 aromatic rings. The molecule has 1 atom stereocenters. The van der Waals surface area contributed by atoms with E-state index in [0.29, 0.717) is 19.5 Å². The number of benzene rings is 3. The minimum absolute atomic E-state index is 0.0297. The lowest BCUT2D eigenvalue weighted by Crippen LogP contribution is -2.45. The zero-order valence-electron chi connectivity index (χ0n) is 26.7. The van der Waals surface area contributed by atoms with Crippen molar-refractivity contribution < 1.29 is 15.0 Å². The summed E-state index contributed by atoms with van der Waals surface area (Å²) in [4.78, 5) is 12.1. The molecule has 43 heavy (non-hydrogen) atoms. The normalized spacial score (nSPS) is 11.8. The molecule has 0 aromatic heterocycles. The van der Waals surface area contributed by atoms with E-state index in [2.05, 4.69) is 83.6 Å². The molecule has 236 valence electrons. The summed E-state index contributed by atoms with van der Waals surface area (Å²) in [7, 11) is 1.99. The van der Waals surface area contributed by atoms with Gasteiger partial charge in [-0.1, -0.05) is 78.9 Å². The van der Waals surface area contributed by atoms with Crippen LogP contribution in [0.5, 0.6) is 0 Å². The second-order valence-corrected chi connectivity index (χ2v) is 12.2. The molecule has 0 aliphatic carbocycles. The Morgan fingerprint density at radius 3 is 2.16 bits per heavy atom. The Hall–Kier alpha value is -2.61. The second kappa shape index (κ2) is 22.0. The smallest absolute Gasteiger partial charge is 0.303 e. The molecule has 0 spiro atoms. The van der Waals surface area contributed by atoms with E-state index in [1.807, 2.05) is 63.4 Å². The van der Waals surface area contributed by atoms with E-state index >= 15 is 0 Å². The number of carbonyl (C=O) groups is 1. The van der Waals surface area contributed by atoms with Crippen LogP contribution >= 0.6 is 23.5 Å². The summed E-state index contributed by atoms with van der Waals surface area (Å²) < 4.78 is 2.06. The standard InChI is InChI=1S/C31H40N2O3S.C4H8.CH3Cl/c1-31(2,21-9-12-24-10-5-4-6-11-24)32-22-27(34)23-33(3)37-28-18-15-26(16-19-28)29-14-8-7-13-25(29)17-20-30(35)36;1-3-4-2;1-2/h4-8,10-11,13-16,18-19,27,32,34H,9,12,17,20-23H2,1-3H3,(H,35,36);3-4H,1-2H3;1H3/b;4-3-;. The molecule has 5 nitrogen and oxygen atoms in total. The number of aliphatic hydroxyl groups is 1. The zero-order valence-corrected chi connectivity index (χ0v) is 28.3. The fraction of sp³-hybridized carbons (Fsp3) is 0.417. The third-order valence-electron chi connectivity index (χ3n) is 6.78. The van der Waals surface area contributed by atoms with Gasteiger partial charge in [0.25, 0.3) is 0 Å². The maximum Gasteiger partial charge on any atom is 0.303 e. The summed E-state index contributed by atoms with van der Waals surface area (Å²) in [5, 5.41) is 23.2. The van der Waals surface area contributed by atoms with Crippen LogP contribution < -0.4 is 5.32 Å². The summed E-state index contributed by atoms with van der Waals surface area (Å²) >= 11 is 6.25. The van der Waals surface area contributed by atoms with Crippen molar-refractivity contribution in [3.8, 4) is 11.1 Å². The first-order valence-corrected chi connectivity index (χ1v) is 16.4. The van der Waals surface area contributed by atoms with Gasteiger partial charge in [-0.15, -0.1) is 11.6 Å². The molecule has 7 heteroatoms. The molecular weight excluding hydrogens is 576 g/mol. The van der Waals surface area contributed by atoms with Gasteiger partial charge in [0.05, 0.1) is 6.10 Å². The molecule has 0 amide bonds. The number of nitrogens with one attached hydrogen (secondary N) is 1. The Morgan fingerprint density at radius 2 is 1.56 bits per heavy atom. The fourth-order valence-electron chi connectivity index (χ4n) is 4.40. The van der Waals surface area contributed by atoms with E-state index in [0.717, 1.165) is 40.8 Å². The van der Waals surface area contributed by atoms with Gasteiger partial charge < -0.3 is 15.5 Å². The van der Waals surface area contributed by atoms with Crippen LogP contribution in [0.3, 0.4) is 0 Å². The first-order valence-electron chi connectivity index (χ1n) is 14.8. The lowest BCUT2D eigenvalue weighted by atomic mass is 9.95. The highest BCUT2D eigenvalue weighted by atomic mass is 35.5. The van der Waals surface area contributed by atoms with Gasteiger partial charge in [-0.25, -0.2) is 4.31 Å².